The van der Waals surface area contributed by atoms with Crippen LogP contribution in [0.2, 0.25) is 5.02 Å². The molecule has 1 aliphatic heterocycles. The lowest BCUT2D eigenvalue weighted by Gasteiger charge is -2.36. The summed E-state index contributed by atoms with van der Waals surface area (Å²) in [6, 6.07) is 12.6. The molecule has 1 fully saturated rings. The second-order valence-corrected chi connectivity index (χ2v) is 8.36. The van der Waals surface area contributed by atoms with Gasteiger partial charge in [0, 0.05) is 50.0 Å². The number of halogens is 2. The summed E-state index contributed by atoms with van der Waals surface area (Å²) >= 11 is 5.92. The second kappa shape index (κ2) is 8.35. The first-order valence-corrected chi connectivity index (χ1v) is 10.3. The van der Waals surface area contributed by atoms with E-state index in [1.54, 1.807) is 0 Å². The largest absolute Gasteiger partial charge is 0.369 e. The number of sulfonamides is 1. The topological polar surface area (TPSA) is 52.7 Å². The lowest BCUT2D eigenvalue weighted by atomic mass is 10.2. The predicted octanol–water partition coefficient (Wildman–Crippen LogP) is 2.58. The van der Waals surface area contributed by atoms with Gasteiger partial charge in [0.15, 0.2) is 0 Å². The van der Waals surface area contributed by atoms with Crippen LogP contribution in [-0.4, -0.2) is 52.6 Å². The van der Waals surface area contributed by atoms with Crippen LogP contribution in [0.3, 0.4) is 0 Å². The number of nitrogens with one attached hydrogen (secondary N) is 1. The lowest BCUT2D eigenvalue weighted by Crippen LogP contribution is -2.48. The van der Waals surface area contributed by atoms with E-state index >= 15 is 0 Å². The highest BCUT2D eigenvalue weighted by atomic mass is 35.5. The van der Waals surface area contributed by atoms with Crippen molar-refractivity contribution in [2.75, 3.05) is 44.2 Å². The van der Waals surface area contributed by atoms with E-state index < -0.39 is 15.8 Å². The van der Waals surface area contributed by atoms with Gasteiger partial charge in [-0.15, -0.1) is 0 Å². The van der Waals surface area contributed by atoms with Gasteiger partial charge in [0.25, 0.3) is 0 Å². The highest BCUT2D eigenvalue weighted by Gasteiger charge is 2.18. The summed E-state index contributed by atoms with van der Waals surface area (Å²) in [5.74, 6) is -0.456. The monoisotopic (exact) mass is 397 g/mol. The molecule has 140 valence electrons. The van der Waals surface area contributed by atoms with Crippen molar-refractivity contribution in [1.29, 1.82) is 0 Å². The van der Waals surface area contributed by atoms with Crippen molar-refractivity contribution in [3.63, 3.8) is 0 Å². The predicted molar refractivity (Wildman–Crippen MR) is 102 cm³/mol. The summed E-state index contributed by atoms with van der Waals surface area (Å²) in [7, 11) is -3.60. The molecule has 8 heteroatoms. The van der Waals surface area contributed by atoms with Gasteiger partial charge in [-0.25, -0.2) is 17.5 Å². The van der Waals surface area contributed by atoms with Gasteiger partial charge in [-0.05, 0) is 48.5 Å². The van der Waals surface area contributed by atoms with Crippen molar-refractivity contribution < 1.29 is 12.8 Å². The standard InChI is InChI=1S/C18H21ClFN3O2S/c19-15-1-5-17(6-2-15)23-13-11-22(12-14-23)10-9-21-26(24,25)18-7-3-16(20)4-8-18/h1-8,21H,9-14H2. The highest BCUT2D eigenvalue weighted by molar-refractivity contribution is 7.89. The first-order chi connectivity index (χ1) is 12.4. The minimum atomic E-state index is -3.60. The van der Waals surface area contributed by atoms with Gasteiger partial charge in [-0.3, -0.25) is 4.90 Å². The SMILES string of the molecule is O=S(=O)(NCCN1CCN(c2ccc(Cl)cc2)CC1)c1ccc(F)cc1. The van der Waals surface area contributed by atoms with Crippen LogP contribution in [0.5, 0.6) is 0 Å². The fourth-order valence-corrected chi connectivity index (χ4v) is 4.06. The fraction of sp³-hybridized carbons (Fsp3) is 0.333. The lowest BCUT2D eigenvalue weighted by molar-refractivity contribution is 0.262. The Balaban J connectivity index is 1.45. The van der Waals surface area contributed by atoms with Crippen molar-refractivity contribution in [3.8, 4) is 0 Å². The van der Waals surface area contributed by atoms with E-state index in [1.807, 2.05) is 24.3 Å². The molecule has 0 unspecified atom stereocenters. The van der Waals surface area contributed by atoms with E-state index in [-0.39, 0.29) is 4.90 Å². The summed E-state index contributed by atoms with van der Waals surface area (Å²) in [5, 5.41) is 0.723. The number of piperazine rings is 1. The minimum Gasteiger partial charge on any atom is -0.369 e. The Hall–Kier alpha value is -1.67. The molecule has 1 saturated heterocycles. The number of hydrogen-bond donors (Lipinski definition) is 1. The Bertz CT molecular complexity index is 821. The van der Waals surface area contributed by atoms with Crippen LogP contribution in [0.1, 0.15) is 0 Å². The minimum absolute atomic E-state index is 0.0754. The van der Waals surface area contributed by atoms with Crippen LogP contribution in [0.15, 0.2) is 53.4 Å². The van der Waals surface area contributed by atoms with Crippen molar-refractivity contribution >= 4 is 27.3 Å². The van der Waals surface area contributed by atoms with Crippen LogP contribution in [0, 0.1) is 5.82 Å². The molecule has 5 nitrogen and oxygen atoms in total. The van der Waals surface area contributed by atoms with Gasteiger partial charge in [-0.2, -0.15) is 0 Å². The Kier molecular flexibility index (Phi) is 6.13. The molecule has 1 aliphatic rings. The normalized spacial score (nSPS) is 16.0. The molecular weight excluding hydrogens is 377 g/mol. The smallest absolute Gasteiger partial charge is 0.240 e. The molecule has 26 heavy (non-hydrogen) atoms. The highest BCUT2D eigenvalue weighted by Crippen LogP contribution is 2.19. The number of benzene rings is 2. The summed E-state index contributed by atoms with van der Waals surface area (Å²) < 4.78 is 39.8. The van der Waals surface area contributed by atoms with E-state index in [9.17, 15) is 12.8 Å². The van der Waals surface area contributed by atoms with Crippen LogP contribution >= 0.6 is 11.6 Å². The summed E-state index contributed by atoms with van der Waals surface area (Å²) in [4.78, 5) is 4.58. The van der Waals surface area contributed by atoms with Crippen molar-refractivity contribution in [3.05, 3.63) is 59.4 Å². The average molecular weight is 398 g/mol. The molecular formula is C18H21ClFN3O2S. The van der Waals surface area contributed by atoms with E-state index in [1.165, 1.54) is 12.1 Å². The van der Waals surface area contributed by atoms with Gasteiger partial charge >= 0.3 is 0 Å². The van der Waals surface area contributed by atoms with Gasteiger partial charge in [-0.1, -0.05) is 11.6 Å². The van der Waals surface area contributed by atoms with E-state index in [0.29, 0.717) is 13.1 Å². The molecule has 0 aliphatic carbocycles. The molecule has 0 atom stereocenters. The van der Waals surface area contributed by atoms with E-state index in [4.69, 9.17) is 11.6 Å². The fourth-order valence-electron chi connectivity index (χ4n) is 2.92. The summed E-state index contributed by atoms with van der Waals surface area (Å²) in [6.07, 6.45) is 0. The molecule has 0 aromatic heterocycles. The number of hydrogen-bond acceptors (Lipinski definition) is 4. The first-order valence-electron chi connectivity index (χ1n) is 8.42. The molecule has 0 amide bonds. The van der Waals surface area contributed by atoms with Crippen molar-refractivity contribution in [2.24, 2.45) is 0 Å². The zero-order chi connectivity index (χ0) is 18.6. The van der Waals surface area contributed by atoms with Crippen molar-refractivity contribution in [1.82, 2.24) is 9.62 Å². The molecule has 3 rings (SSSR count). The number of rotatable bonds is 6. The molecule has 1 N–H and O–H groups in total. The van der Waals surface area contributed by atoms with Crippen LogP contribution in [0.25, 0.3) is 0 Å². The average Bonchev–Trinajstić information content (AvgIpc) is 2.63. The Morgan fingerprint density at radius 2 is 1.58 bits per heavy atom. The third-order valence-corrected chi connectivity index (χ3v) is 6.14. The number of anilines is 1. The molecule has 0 saturated carbocycles. The third kappa shape index (κ3) is 4.94. The maximum absolute atomic E-state index is 12.9. The second-order valence-electron chi connectivity index (χ2n) is 6.16. The first kappa shape index (κ1) is 19.1. The zero-order valence-corrected chi connectivity index (χ0v) is 15.8. The van der Waals surface area contributed by atoms with Crippen LogP contribution in [0.4, 0.5) is 10.1 Å². The van der Waals surface area contributed by atoms with Crippen LogP contribution in [-0.2, 0) is 10.0 Å². The van der Waals surface area contributed by atoms with E-state index in [2.05, 4.69) is 14.5 Å². The molecule has 0 bridgehead atoms. The van der Waals surface area contributed by atoms with Crippen molar-refractivity contribution in [2.45, 2.75) is 4.90 Å². The van der Waals surface area contributed by atoms with Crippen LogP contribution < -0.4 is 9.62 Å². The quantitative estimate of drug-likeness (QED) is 0.814. The molecule has 0 spiro atoms. The maximum Gasteiger partial charge on any atom is 0.240 e. The van der Waals surface area contributed by atoms with Gasteiger partial charge in [0.1, 0.15) is 5.82 Å². The van der Waals surface area contributed by atoms with Gasteiger partial charge < -0.3 is 4.90 Å². The maximum atomic E-state index is 12.9. The summed E-state index contributed by atoms with van der Waals surface area (Å²) in [6.45, 7) is 4.44. The molecule has 0 radical (unpaired) electrons. The Morgan fingerprint density at radius 1 is 0.962 bits per heavy atom. The zero-order valence-electron chi connectivity index (χ0n) is 14.2. The summed E-state index contributed by atoms with van der Waals surface area (Å²) in [5.41, 5.74) is 1.14. The third-order valence-electron chi connectivity index (χ3n) is 4.41. The Morgan fingerprint density at radius 3 is 2.19 bits per heavy atom. The molecule has 1 heterocycles. The molecule has 2 aromatic rings. The van der Waals surface area contributed by atoms with Gasteiger partial charge in [0.2, 0.25) is 10.0 Å². The molecule has 2 aromatic carbocycles. The number of nitrogens with zero attached hydrogens (tertiary/aromatic N) is 2. The Labute approximate surface area is 158 Å². The van der Waals surface area contributed by atoms with E-state index in [0.717, 1.165) is 49.0 Å². The van der Waals surface area contributed by atoms with Gasteiger partial charge in [0.05, 0.1) is 4.90 Å².